The van der Waals surface area contributed by atoms with Crippen LogP contribution in [0.25, 0.3) is 0 Å². The highest BCUT2D eigenvalue weighted by atomic mass is 32.1. The number of carbonyl (C=O) groups excluding carboxylic acids is 4. The van der Waals surface area contributed by atoms with Gasteiger partial charge in [0.15, 0.2) is 0 Å². The van der Waals surface area contributed by atoms with E-state index in [-0.39, 0.29) is 45.9 Å². The van der Waals surface area contributed by atoms with Gasteiger partial charge in [-0.05, 0) is 48.4 Å². The van der Waals surface area contributed by atoms with Crippen molar-refractivity contribution >= 4 is 45.9 Å². The molecule has 7 N–H and O–H groups in total. The molecule has 1 aromatic carbocycles. The van der Waals surface area contributed by atoms with Crippen LogP contribution in [0.4, 0.5) is 9.39 Å². The molecule has 2 rings (SSSR count). The van der Waals surface area contributed by atoms with Gasteiger partial charge in [0.05, 0.1) is 22.4 Å². The van der Waals surface area contributed by atoms with Crippen LogP contribution in [0, 0.1) is 24.6 Å². The topological polar surface area (TPSA) is 180 Å². The molecule has 0 radical (unpaired) electrons. The highest BCUT2D eigenvalue weighted by Crippen LogP contribution is 2.34. The van der Waals surface area contributed by atoms with Crippen molar-refractivity contribution in [3.63, 3.8) is 0 Å². The first-order valence-corrected chi connectivity index (χ1v) is 14.6. The molecule has 0 aliphatic rings. The number of nitrogens with one attached hydrogen (secondary N) is 4. The highest BCUT2D eigenvalue weighted by Gasteiger charge is 2.29. The largest absolute Gasteiger partial charge is 0.478 e. The first kappa shape index (κ1) is 34.4. The van der Waals surface area contributed by atoms with Crippen LogP contribution in [0.3, 0.4) is 0 Å². The molecule has 3 atom stereocenters. The van der Waals surface area contributed by atoms with Gasteiger partial charge in [-0.3, -0.25) is 19.2 Å². The monoisotopic (exact) mass is 605 g/mol. The van der Waals surface area contributed by atoms with Gasteiger partial charge < -0.3 is 32.1 Å². The molecule has 0 saturated heterocycles. The number of hydrogen-bond donors (Lipinski definition) is 6. The van der Waals surface area contributed by atoms with Gasteiger partial charge in [0.25, 0.3) is 5.91 Å². The Labute approximate surface area is 248 Å². The van der Waals surface area contributed by atoms with E-state index in [1.165, 1.54) is 31.2 Å². The number of halogens is 1. The number of anilines is 1. The molecule has 42 heavy (non-hydrogen) atoms. The van der Waals surface area contributed by atoms with Crippen LogP contribution in [0.5, 0.6) is 0 Å². The summed E-state index contributed by atoms with van der Waals surface area (Å²) in [6, 6.07) is 3.91. The van der Waals surface area contributed by atoms with E-state index in [2.05, 4.69) is 21.3 Å². The zero-order valence-electron chi connectivity index (χ0n) is 24.7. The van der Waals surface area contributed by atoms with Crippen molar-refractivity contribution in [2.45, 2.75) is 66.0 Å². The fraction of sp³-hybridized carbons (Fsp3) is 0.483. The number of hydrogen-bond acceptors (Lipinski definition) is 7. The van der Waals surface area contributed by atoms with Crippen molar-refractivity contribution in [1.29, 1.82) is 0 Å². The lowest BCUT2D eigenvalue weighted by molar-refractivity contribution is -0.131. The standard InChI is InChI=1S/C29H40FN5O6S/c1-7-19(17-8-10-18(30)11-9-17)24(36)35-28-20(29(40)41)16(6)23(42-28)27(39)33-13-12-32-26(38)22(15(4)5)34-25(37)21(31)14(2)3/h8-11,14-15,19,21-22H,7,12-13,31H2,1-6H3,(H,32,38)(H,33,39)(H,34,37)(H,35,36)(H,40,41)/t19?,21-,22-/m0/s1. The van der Waals surface area contributed by atoms with E-state index in [1.807, 2.05) is 0 Å². The molecule has 0 saturated carbocycles. The minimum atomic E-state index is -1.31. The molecule has 230 valence electrons. The van der Waals surface area contributed by atoms with E-state index in [0.29, 0.717) is 12.0 Å². The first-order valence-electron chi connectivity index (χ1n) is 13.7. The number of nitrogens with two attached hydrogens (primary N) is 1. The summed E-state index contributed by atoms with van der Waals surface area (Å²) >= 11 is 0.830. The van der Waals surface area contributed by atoms with Gasteiger partial charge in [0.1, 0.15) is 16.9 Å². The van der Waals surface area contributed by atoms with E-state index in [0.717, 1.165) is 11.3 Å². The molecule has 0 spiro atoms. The molecule has 13 heteroatoms. The highest BCUT2D eigenvalue weighted by molar-refractivity contribution is 7.18. The molecule has 1 unspecified atom stereocenters. The third-order valence-corrected chi connectivity index (χ3v) is 7.98. The minimum absolute atomic E-state index is 0.0131. The Morgan fingerprint density at radius 2 is 1.52 bits per heavy atom. The molecule has 0 bridgehead atoms. The zero-order valence-corrected chi connectivity index (χ0v) is 25.5. The van der Waals surface area contributed by atoms with Crippen LogP contribution < -0.4 is 27.0 Å². The van der Waals surface area contributed by atoms with Crippen molar-refractivity contribution < 1.29 is 33.5 Å². The third kappa shape index (κ3) is 8.83. The lowest BCUT2D eigenvalue weighted by atomic mass is 9.95. The van der Waals surface area contributed by atoms with E-state index < -0.39 is 53.4 Å². The molecule has 4 amide bonds. The average molecular weight is 606 g/mol. The van der Waals surface area contributed by atoms with Gasteiger partial charge in [-0.25, -0.2) is 9.18 Å². The van der Waals surface area contributed by atoms with Crippen LogP contribution in [0.1, 0.15) is 78.1 Å². The van der Waals surface area contributed by atoms with Crippen LogP contribution in [-0.4, -0.2) is 59.9 Å². The van der Waals surface area contributed by atoms with Gasteiger partial charge in [-0.1, -0.05) is 46.8 Å². The second-order valence-corrected chi connectivity index (χ2v) is 11.6. The summed E-state index contributed by atoms with van der Waals surface area (Å²) in [5.74, 6) is -4.63. The average Bonchev–Trinajstić information content (AvgIpc) is 3.25. The van der Waals surface area contributed by atoms with Crippen molar-refractivity contribution in [2.75, 3.05) is 18.4 Å². The number of aromatic carboxylic acids is 1. The summed E-state index contributed by atoms with van der Waals surface area (Å²) in [5.41, 5.74) is 6.44. The van der Waals surface area contributed by atoms with Crippen molar-refractivity contribution in [3.05, 3.63) is 51.7 Å². The van der Waals surface area contributed by atoms with Crippen LogP contribution in [0.2, 0.25) is 0 Å². The molecule has 2 aromatic rings. The van der Waals surface area contributed by atoms with Crippen molar-refractivity contribution in [2.24, 2.45) is 17.6 Å². The van der Waals surface area contributed by atoms with Crippen LogP contribution in [-0.2, 0) is 14.4 Å². The maximum Gasteiger partial charge on any atom is 0.339 e. The fourth-order valence-corrected chi connectivity index (χ4v) is 5.30. The Morgan fingerprint density at radius 1 is 0.929 bits per heavy atom. The van der Waals surface area contributed by atoms with Gasteiger partial charge in [0.2, 0.25) is 17.7 Å². The molecule has 1 aromatic heterocycles. The lowest BCUT2D eigenvalue weighted by Gasteiger charge is -2.24. The second-order valence-electron chi connectivity index (χ2n) is 10.6. The predicted molar refractivity (Wildman–Crippen MR) is 159 cm³/mol. The fourth-order valence-electron chi connectivity index (χ4n) is 4.18. The molecule has 0 fully saturated rings. The molecule has 1 heterocycles. The summed E-state index contributed by atoms with van der Waals surface area (Å²) in [6.45, 7) is 10.5. The van der Waals surface area contributed by atoms with Crippen LogP contribution in [0.15, 0.2) is 24.3 Å². The Morgan fingerprint density at radius 3 is 2.05 bits per heavy atom. The van der Waals surface area contributed by atoms with Crippen molar-refractivity contribution in [1.82, 2.24) is 16.0 Å². The number of thiophene rings is 1. The molecule has 0 aliphatic carbocycles. The Kier molecular flexibility index (Phi) is 12.6. The van der Waals surface area contributed by atoms with Gasteiger partial charge in [-0.15, -0.1) is 11.3 Å². The van der Waals surface area contributed by atoms with Crippen LogP contribution >= 0.6 is 11.3 Å². The molecular formula is C29H40FN5O6S. The number of carboxylic acids is 1. The number of rotatable bonds is 14. The van der Waals surface area contributed by atoms with Gasteiger partial charge in [-0.2, -0.15) is 0 Å². The number of carboxylic acid groups (broad SMARTS) is 1. The molecule has 11 nitrogen and oxygen atoms in total. The number of carbonyl (C=O) groups is 5. The summed E-state index contributed by atoms with van der Waals surface area (Å²) in [4.78, 5) is 63.1. The van der Waals surface area contributed by atoms with E-state index in [1.54, 1.807) is 34.6 Å². The summed E-state index contributed by atoms with van der Waals surface area (Å²) in [7, 11) is 0. The third-order valence-electron chi connectivity index (χ3n) is 6.78. The number of benzene rings is 1. The Hall–Kier alpha value is -3.84. The minimum Gasteiger partial charge on any atom is -0.478 e. The van der Waals surface area contributed by atoms with Gasteiger partial charge >= 0.3 is 5.97 Å². The molecular weight excluding hydrogens is 565 g/mol. The van der Waals surface area contributed by atoms with Crippen molar-refractivity contribution in [3.8, 4) is 0 Å². The zero-order chi connectivity index (χ0) is 31.7. The maximum atomic E-state index is 13.3. The maximum absolute atomic E-state index is 13.3. The summed E-state index contributed by atoms with van der Waals surface area (Å²) in [5, 5.41) is 20.4. The number of amides is 4. The second kappa shape index (κ2) is 15.4. The SMILES string of the molecule is CCC(C(=O)Nc1sc(C(=O)NCCNC(=O)[C@@H](NC(=O)[C@@H](N)C(C)C)C(C)C)c(C)c1C(=O)O)c1ccc(F)cc1. The summed E-state index contributed by atoms with van der Waals surface area (Å²) in [6.07, 6.45) is 0.384. The quantitative estimate of drug-likeness (QED) is 0.179. The lowest BCUT2D eigenvalue weighted by Crippen LogP contribution is -2.55. The Balaban J connectivity index is 2.06. The normalized spacial score (nSPS) is 13.3. The first-order chi connectivity index (χ1) is 19.7. The van der Waals surface area contributed by atoms with Gasteiger partial charge in [0, 0.05) is 13.1 Å². The van der Waals surface area contributed by atoms with E-state index in [4.69, 9.17) is 5.73 Å². The predicted octanol–water partition coefficient (Wildman–Crippen LogP) is 3.00. The smallest absolute Gasteiger partial charge is 0.339 e. The molecule has 0 aliphatic heterocycles. The Bertz CT molecular complexity index is 1290. The van der Waals surface area contributed by atoms with E-state index in [9.17, 15) is 33.5 Å². The van der Waals surface area contributed by atoms with E-state index >= 15 is 0 Å². The summed E-state index contributed by atoms with van der Waals surface area (Å²) < 4.78 is 13.3.